The summed E-state index contributed by atoms with van der Waals surface area (Å²) in [5.74, 6) is 0.655. The lowest BCUT2D eigenvalue weighted by Crippen LogP contribution is -2.52. The van der Waals surface area contributed by atoms with E-state index in [0.717, 1.165) is 38.5 Å². The summed E-state index contributed by atoms with van der Waals surface area (Å²) < 4.78 is 35.7. The predicted octanol–water partition coefficient (Wildman–Crippen LogP) is 3.28. The van der Waals surface area contributed by atoms with E-state index in [1.165, 1.54) is 0 Å². The molecule has 138 valence electrons. The number of carboxylic acids is 1. The molecule has 0 aliphatic heterocycles. The molecule has 0 aromatic heterocycles. The lowest BCUT2D eigenvalue weighted by atomic mass is 9.47. The van der Waals surface area contributed by atoms with Gasteiger partial charge in [-0.1, -0.05) is 6.92 Å². The average Bonchev–Trinajstić information content (AvgIpc) is 2.46. The molecule has 3 saturated carbocycles. The molecule has 0 bridgehead atoms. The number of carbonyl (C=O) groups is 1. The zero-order valence-corrected chi connectivity index (χ0v) is 15.2. The Labute approximate surface area is 143 Å². The third-order valence-electron chi connectivity index (χ3n) is 7.28. The summed E-state index contributed by atoms with van der Waals surface area (Å²) in [6.45, 7) is 4.17. The molecular weight excluding hydrogens is 332 g/mol. The first-order valence-electron chi connectivity index (χ1n) is 8.93. The molecular formula is C17H28O6S. The molecule has 6 atom stereocenters. The fraction of sp³-hybridized carbons (Fsp3) is 0.941. The summed E-state index contributed by atoms with van der Waals surface area (Å²) in [7, 11) is -4.39. The van der Waals surface area contributed by atoms with E-state index in [2.05, 4.69) is 6.92 Å². The van der Waals surface area contributed by atoms with Crippen molar-refractivity contribution in [3.8, 4) is 0 Å². The van der Waals surface area contributed by atoms with Crippen molar-refractivity contribution < 1.29 is 27.1 Å². The van der Waals surface area contributed by atoms with E-state index < -0.39 is 27.9 Å². The molecule has 0 radical (unpaired) electrons. The van der Waals surface area contributed by atoms with Crippen molar-refractivity contribution in [2.24, 2.45) is 28.6 Å². The third kappa shape index (κ3) is 3.22. The molecule has 0 heterocycles. The number of fused-ring (bicyclic) bond motifs is 3. The van der Waals surface area contributed by atoms with E-state index in [-0.39, 0.29) is 5.41 Å². The lowest BCUT2D eigenvalue weighted by Gasteiger charge is -2.58. The Morgan fingerprint density at radius 3 is 2.46 bits per heavy atom. The lowest BCUT2D eigenvalue weighted by molar-refractivity contribution is -0.157. The Kier molecular flexibility index (Phi) is 4.50. The smallest absolute Gasteiger partial charge is 0.397 e. The highest BCUT2D eigenvalue weighted by Crippen LogP contribution is 2.61. The normalized spacial score (nSPS) is 46.0. The van der Waals surface area contributed by atoms with Crippen LogP contribution >= 0.6 is 0 Å². The van der Waals surface area contributed by atoms with Gasteiger partial charge in [-0.3, -0.25) is 9.35 Å². The maximum Gasteiger partial charge on any atom is 0.397 e. The Morgan fingerprint density at radius 2 is 1.83 bits per heavy atom. The Bertz CT molecular complexity index is 617. The summed E-state index contributed by atoms with van der Waals surface area (Å²) >= 11 is 0. The van der Waals surface area contributed by atoms with Crippen LogP contribution in [0.25, 0.3) is 0 Å². The van der Waals surface area contributed by atoms with Crippen molar-refractivity contribution >= 4 is 16.4 Å². The number of hydrogen-bond acceptors (Lipinski definition) is 4. The van der Waals surface area contributed by atoms with Gasteiger partial charge in [-0.05, 0) is 81.5 Å². The quantitative estimate of drug-likeness (QED) is 0.749. The van der Waals surface area contributed by atoms with Gasteiger partial charge in [0.1, 0.15) is 0 Å². The standard InChI is InChI=1S/C17H28O6S/c1-16(15(18)19)7-6-14-11(10-16)3-4-12-9-13(23-24(20,21)22)5-8-17(12,14)2/h11-14H,3-10H2,1-2H3,(H,18,19)(H,20,21,22)/t11-,12+,13+,14-,16+,17-/m0/s1. The van der Waals surface area contributed by atoms with Gasteiger partial charge in [-0.2, -0.15) is 8.42 Å². The van der Waals surface area contributed by atoms with E-state index >= 15 is 0 Å². The van der Waals surface area contributed by atoms with E-state index in [1.807, 2.05) is 6.92 Å². The highest BCUT2D eigenvalue weighted by atomic mass is 32.3. The van der Waals surface area contributed by atoms with Crippen LogP contribution < -0.4 is 0 Å². The van der Waals surface area contributed by atoms with E-state index in [4.69, 9.17) is 8.74 Å². The number of carboxylic acid groups (broad SMARTS) is 1. The molecule has 0 aromatic carbocycles. The summed E-state index contributed by atoms with van der Waals surface area (Å²) in [5.41, 5.74) is -0.475. The van der Waals surface area contributed by atoms with Crippen LogP contribution in [0.1, 0.15) is 65.2 Å². The van der Waals surface area contributed by atoms with Crippen LogP contribution in [0.4, 0.5) is 0 Å². The van der Waals surface area contributed by atoms with Crippen LogP contribution in [-0.2, 0) is 19.4 Å². The fourth-order valence-electron chi connectivity index (χ4n) is 5.89. The molecule has 7 heteroatoms. The van der Waals surface area contributed by atoms with Gasteiger partial charge in [0.2, 0.25) is 0 Å². The highest BCUT2D eigenvalue weighted by Gasteiger charge is 2.55. The minimum Gasteiger partial charge on any atom is -0.481 e. The fourth-order valence-corrected chi connectivity index (χ4v) is 6.41. The van der Waals surface area contributed by atoms with Crippen LogP contribution in [-0.4, -0.2) is 30.2 Å². The number of rotatable bonds is 3. The first-order valence-corrected chi connectivity index (χ1v) is 10.3. The average molecular weight is 360 g/mol. The van der Waals surface area contributed by atoms with Gasteiger partial charge in [0.05, 0.1) is 11.5 Å². The summed E-state index contributed by atoms with van der Waals surface area (Å²) in [6.07, 6.45) is 6.14. The predicted molar refractivity (Wildman–Crippen MR) is 87.7 cm³/mol. The first-order chi connectivity index (χ1) is 11.0. The van der Waals surface area contributed by atoms with Crippen LogP contribution in [0.5, 0.6) is 0 Å². The van der Waals surface area contributed by atoms with E-state index in [0.29, 0.717) is 30.6 Å². The second-order valence-corrected chi connectivity index (χ2v) is 9.72. The number of hydrogen-bond donors (Lipinski definition) is 2. The van der Waals surface area contributed by atoms with Crippen molar-refractivity contribution in [3.05, 3.63) is 0 Å². The largest absolute Gasteiger partial charge is 0.481 e. The summed E-state index contributed by atoms with van der Waals surface area (Å²) in [6, 6.07) is 0. The van der Waals surface area contributed by atoms with Crippen molar-refractivity contribution in [3.63, 3.8) is 0 Å². The van der Waals surface area contributed by atoms with Crippen LogP contribution in [0.15, 0.2) is 0 Å². The van der Waals surface area contributed by atoms with Crippen LogP contribution in [0.3, 0.4) is 0 Å². The molecule has 3 fully saturated rings. The molecule has 3 rings (SSSR count). The van der Waals surface area contributed by atoms with Crippen LogP contribution in [0, 0.1) is 28.6 Å². The molecule has 6 nitrogen and oxygen atoms in total. The molecule has 0 aromatic rings. The maximum absolute atomic E-state index is 11.6. The first kappa shape index (κ1) is 18.1. The highest BCUT2D eigenvalue weighted by molar-refractivity contribution is 7.80. The summed E-state index contributed by atoms with van der Waals surface area (Å²) in [5, 5.41) is 9.53. The second kappa shape index (κ2) is 5.95. The molecule has 3 aliphatic rings. The maximum atomic E-state index is 11.6. The molecule has 0 amide bonds. The van der Waals surface area contributed by atoms with E-state index in [1.54, 1.807) is 0 Å². The Balaban J connectivity index is 1.73. The molecule has 0 unspecified atom stereocenters. The van der Waals surface area contributed by atoms with Gasteiger partial charge in [0.25, 0.3) is 0 Å². The zero-order valence-electron chi connectivity index (χ0n) is 14.4. The van der Waals surface area contributed by atoms with Gasteiger partial charge in [-0.25, -0.2) is 4.18 Å². The molecule has 0 spiro atoms. The van der Waals surface area contributed by atoms with Gasteiger partial charge in [0, 0.05) is 0 Å². The monoisotopic (exact) mass is 360 g/mol. The summed E-state index contributed by atoms with van der Waals surface area (Å²) in [4.78, 5) is 11.6. The van der Waals surface area contributed by atoms with Crippen molar-refractivity contribution in [2.75, 3.05) is 0 Å². The third-order valence-corrected chi connectivity index (χ3v) is 7.80. The Morgan fingerprint density at radius 1 is 1.12 bits per heavy atom. The van der Waals surface area contributed by atoms with E-state index in [9.17, 15) is 18.3 Å². The second-order valence-electron chi connectivity index (χ2n) is 8.68. The minimum absolute atomic E-state index is 0.127. The van der Waals surface area contributed by atoms with Gasteiger partial charge in [0.15, 0.2) is 0 Å². The number of aliphatic carboxylic acids is 1. The SMILES string of the molecule is C[C@@]1(C(=O)O)CC[C@H]2[C@@H](CC[C@@H]3C[C@H](OS(=O)(=O)O)CC[C@@]32C)C1. The zero-order chi connectivity index (χ0) is 17.8. The molecule has 2 N–H and O–H groups in total. The minimum atomic E-state index is -4.39. The topological polar surface area (TPSA) is 101 Å². The van der Waals surface area contributed by atoms with Crippen molar-refractivity contribution in [2.45, 2.75) is 71.3 Å². The van der Waals surface area contributed by atoms with Gasteiger partial charge in [-0.15, -0.1) is 0 Å². The van der Waals surface area contributed by atoms with Crippen molar-refractivity contribution in [1.82, 2.24) is 0 Å². The Hall–Kier alpha value is -0.660. The van der Waals surface area contributed by atoms with Crippen LogP contribution in [0.2, 0.25) is 0 Å². The van der Waals surface area contributed by atoms with Gasteiger partial charge < -0.3 is 5.11 Å². The van der Waals surface area contributed by atoms with Crippen molar-refractivity contribution in [1.29, 1.82) is 0 Å². The molecule has 3 aliphatic carbocycles. The molecule has 24 heavy (non-hydrogen) atoms. The van der Waals surface area contributed by atoms with Gasteiger partial charge >= 0.3 is 16.4 Å². The molecule has 0 saturated heterocycles.